The van der Waals surface area contributed by atoms with E-state index in [4.69, 9.17) is 10.5 Å². The van der Waals surface area contributed by atoms with Crippen LogP contribution in [-0.4, -0.2) is 18.1 Å². The molecule has 0 aliphatic heterocycles. The highest BCUT2D eigenvalue weighted by molar-refractivity contribution is 5.71. The molecule has 21 heavy (non-hydrogen) atoms. The standard InChI is InChI=1S/C18H31NO2/c1-6-12(2)13-7-14-9-18(11-19,15(14)8-13)10-16(20)21-17(3,4)5/h8,12,14-15H,6-7,9-11,19H2,1-5H3/t12?,14-,15-,18-/m0/s1. The Bertz CT molecular complexity index is 435. The van der Waals surface area contributed by atoms with Crippen LogP contribution in [0, 0.1) is 23.2 Å². The van der Waals surface area contributed by atoms with E-state index in [1.165, 1.54) is 12.8 Å². The monoisotopic (exact) mass is 293 g/mol. The van der Waals surface area contributed by atoms with Crippen LogP contribution < -0.4 is 5.73 Å². The fraction of sp³-hybridized carbons (Fsp3) is 0.833. The molecule has 4 atom stereocenters. The third-order valence-corrected chi connectivity index (χ3v) is 5.34. The predicted molar refractivity (Wildman–Crippen MR) is 85.7 cm³/mol. The van der Waals surface area contributed by atoms with E-state index >= 15 is 0 Å². The molecule has 0 amide bonds. The summed E-state index contributed by atoms with van der Waals surface area (Å²) in [6.07, 6.45) is 6.36. The maximum absolute atomic E-state index is 12.2. The number of ether oxygens (including phenoxy) is 1. The van der Waals surface area contributed by atoms with E-state index < -0.39 is 5.60 Å². The Morgan fingerprint density at radius 1 is 1.52 bits per heavy atom. The van der Waals surface area contributed by atoms with Crippen molar-refractivity contribution < 1.29 is 9.53 Å². The van der Waals surface area contributed by atoms with Crippen molar-refractivity contribution in [2.24, 2.45) is 28.9 Å². The van der Waals surface area contributed by atoms with E-state index in [9.17, 15) is 4.79 Å². The molecule has 3 heteroatoms. The maximum Gasteiger partial charge on any atom is 0.306 e. The molecular weight excluding hydrogens is 262 g/mol. The Morgan fingerprint density at radius 3 is 2.71 bits per heavy atom. The van der Waals surface area contributed by atoms with Crippen LogP contribution in [0.1, 0.15) is 60.3 Å². The molecule has 0 aromatic heterocycles. The largest absolute Gasteiger partial charge is 0.460 e. The number of allylic oxidation sites excluding steroid dienone is 2. The van der Waals surface area contributed by atoms with Crippen molar-refractivity contribution in [1.82, 2.24) is 0 Å². The smallest absolute Gasteiger partial charge is 0.306 e. The van der Waals surface area contributed by atoms with E-state index in [1.54, 1.807) is 5.57 Å². The lowest BCUT2D eigenvalue weighted by Gasteiger charge is -2.51. The van der Waals surface area contributed by atoms with Crippen LogP contribution in [0.5, 0.6) is 0 Å². The number of rotatable bonds is 5. The molecule has 0 radical (unpaired) electrons. The summed E-state index contributed by atoms with van der Waals surface area (Å²) < 4.78 is 5.50. The molecule has 2 aliphatic rings. The molecular formula is C18H31NO2. The maximum atomic E-state index is 12.2. The number of carbonyl (C=O) groups is 1. The van der Waals surface area contributed by atoms with Gasteiger partial charge in [-0.2, -0.15) is 0 Å². The summed E-state index contributed by atoms with van der Waals surface area (Å²) in [5.74, 6) is 1.75. The van der Waals surface area contributed by atoms with Gasteiger partial charge < -0.3 is 10.5 Å². The molecule has 1 unspecified atom stereocenters. The van der Waals surface area contributed by atoms with Crippen molar-refractivity contribution in [2.45, 2.75) is 65.9 Å². The summed E-state index contributed by atoms with van der Waals surface area (Å²) in [6.45, 7) is 10.9. The minimum Gasteiger partial charge on any atom is -0.460 e. The molecule has 0 saturated heterocycles. The van der Waals surface area contributed by atoms with E-state index in [0.29, 0.717) is 30.7 Å². The molecule has 0 aromatic carbocycles. The normalized spacial score (nSPS) is 33.0. The van der Waals surface area contributed by atoms with Gasteiger partial charge in [0.2, 0.25) is 0 Å². The highest BCUT2D eigenvalue weighted by Crippen LogP contribution is 2.60. The van der Waals surface area contributed by atoms with Gasteiger partial charge in [-0.25, -0.2) is 0 Å². The SMILES string of the molecule is CCC(C)C1=C[C@H]2[C@@H](C1)C[C@@]2(CN)CC(=O)OC(C)(C)C. The van der Waals surface area contributed by atoms with Crippen molar-refractivity contribution in [3.05, 3.63) is 11.6 Å². The van der Waals surface area contributed by atoms with Crippen molar-refractivity contribution in [2.75, 3.05) is 6.54 Å². The topological polar surface area (TPSA) is 52.3 Å². The highest BCUT2D eigenvalue weighted by Gasteiger charge is 2.55. The Labute approximate surface area is 129 Å². The Hall–Kier alpha value is -0.830. The first kappa shape index (κ1) is 16.5. The lowest BCUT2D eigenvalue weighted by Crippen LogP contribution is -2.51. The van der Waals surface area contributed by atoms with Gasteiger partial charge in [0.1, 0.15) is 5.60 Å². The van der Waals surface area contributed by atoms with E-state index in [-0.39, 0.29) is 11.4 Å². The van der Waals surface area contributed by atoms with Crippen LogP contribution in [-0.2, 0) is 9.53 Å². The van der Waals surface area contributed by atoms with Gasteiger partial charge in [0.25, 0.3) is 0 Å². The summed E-state index contributed by atoms with van der Waals surface area (Å²) in [4.78, 5) is 12.2. The first-order chi connectivity index (χ1) is 9.70. The molecule has 0 aromatic rings. The number of esters is 1. The summed E-state index contributed by atoms with van der Waals surface area (Å²) >= 11 is 0. The number of fused-ring (bicyclic) bond motifs is 1. The zero-order valence-corrected chi connectivity index (χ0v) is 14.2. The molecule has 1 fully saturated rings. The van der Waals surface area contributed by atoms with Gasteiger partial charge in [-0.1, -0.05) is 25.5 Å². The molecule has 120 valence electrons. The van der Waals surface area contributed by atoms with Gasteiger partial charge in [0.15, 0.2) is 0 Å². The molecule has 0 bridgehead atoms. The van der Waals surface area contributed by atoms with Gasteiger partial charge in [0, 0.05) is 0 Å². The van der Waals surface area contributed by atoms with Crippen molar-refractivity contribution in [3.8, 4) is 0 Å². The van der Waals surface area contributed by atoms with Crippen molar-refractivity contribution >= 4 is 5.97 Å². The predicted octanol–water partition coefficient (Wildman–Crippen LogP) is 3.68. The zero-order chi connectivity index (χ0) is 15.8. The fourth-order valence-corrected chi connectivity index (χ4v) is 4.01. The highest BCUT2D eigenvalue weighted by atomic mass is 16.6. The molecule has 1 saturated carbocycles. The second-order valence-electron chi connectivity index (χ2n) is 8.07. The molecule has 2 N–H and O–H groups in total. The average molecular weight is 293 g/mol. The van der Waals surface area contributed by atoms with Crippen LogP contribution in [0.4, 0.5) is 0 Å². The van der Waals surface area contributed by atoms with Crippen molar-refractivity contribution in [1.29, 1.82) is 0 Å². The second kappa shape index (κ2) is 5.75. The minimum atomic E-state index is -0.413. The third-order valence-electron chi connectivity index (χ3n) is 5.34. The summed E-state index contributed by atoms with van der Waals surface area (Å²) in [5, 5.41) is 0. The van der Waals surface area contributed by atoms with E-state index in [1.807, 2.05) is 20.8 Å². The van der Waals surface area contributed by atoms with Crippen LogP contribution in [0.3, 0.4) is 0 Å². The Balaban J connectivity index is 2.04. The van der Waals surface area contributed by atoms with Gasteiger partial charge in [-0.05, 0) is 69.7 Å². The zero-order valence-electron chi connectivity index (χ0n) is 14.2. The molecule has 2 aliphatic carbocycles. The number of hydrogen-bond donors (Lipinski definition) is 1. The van der Waals surface area contributed by atoms with Gasteiger partial charge in [0.05, 0.1) is 6.42 Å². The van der Waals surface area contributed by atoms with Gasteiger partial charge in [-0.3, -0.25) is 4.79 Å². The minimum absolute atomic E-state index is 0.0534. The number of carbonyl (C=O) groups excluding carboxylic acids is 1. The quantitative estimate of drug-likeness (QED) is 0.621. The van der Waals surface area contributed by atoms with E-state index in [0.717, 1.165) is 6.42 Å². The Morgan fingerprint density at radius 2 is 2.19 bits per heavy atom. The van der Waals surface area contributed by atoms with Crippen molar-refractivity contribution in [3.63, 3.8) is 0 Å². The van der Waals surface area contributed by atoms with E-state index in [2.05, 4.69) is 19.9 Å². The van der Waals surface area contributed by atoms with Crippen LogP contribution >= 0.6 is 0 Å². The lowest BCUT2D eigenvalue weighted by atomic mass is 9.53. The number of hydrogen-bond acceptors (Lipinski definition) is 3. The first-order valence-electron chi connectivity index (χ1n) is 8.33. The average Bonchev–Trinajstić information content (AvgIpc) is 2.72. The second-order valence-corrected chi connectivity index (χ2v) is 8.07. The van der Waals surface area contributed by atoms with Gasteiger partial charge in [-0.15, -0.1) is 0 Å². The molecule has 0 spiro atoms. The molecule has 0 heterocycles. The number of nitrogens with two attached hydrogens (primary N) is 1. The third kappa shape index (κ3) is 3.33. The van der Waals surface area contributed by atoms with Crippen LogP contribution in [0.15, 0.2) is 11.6 Å². The summed E-state index contributed by atoms with van der Waals surface area (Å²) in [5.41, 5.74) is 7.16. The molecule has 2 rings (SSSR count). The lowest BCUT2D eigenvalue weighted by molar-refractivity contribution is -0.162. The van der Waals surface area contributed by atoms with Crippen LogP contribution in [0.25, 0.3) is 0 Å². The summed E-state index contributed by atoms with van der Waals surface area (Å²) in [6, 6.07) is 0. The first-order valence-corrected chi connectivity index (χ1v) is 8.33. The summed E-state index contributed by atoms with van der Waals surface area (Å²) in [7, 11) is 0. The van der Waals surface area contributed by atoms with Crippen LogP contribution in [0.2, 0.25) is 0 Å². The molecule has 3 nitrogen and oxygen atoms in total. The fourth-order valence-electron chi connectivity index (χ4n) is 4.01. The van der Waals surface area contributed by atoms with Gasteiger partial charge >= 0.3 is 5.97 Å². The Kier molecular flexibility index (Phi) is 4.53.